The topological polar surface area (TPSA) is 93.3 Å². The zero-order chi connectivity index (χ0) is 12.6. The van der Waals surface area contributed by atoms with Crippen LogP contribution in [0.15, 0.2) is 24.4 Å². The summed E-state index contributed by atoms with van der Waals surface area (Å²) in [4.78, 5) is 25.1. The first kappa shape index (κ1) is 11.0. The van der Waals surface area contributed by atoms with Crippen LogP contribution >= 0.6 is 0 Å². The number of benzene rings is 1. The Morgan fingerprint density at radius 2 is 2.12 bits per heavy atom. The molecule has 0 unspecified atom stereocenters. The Labute approximate surface area is 95.7 Å². The predicted molar refractivity (Wildman–Crippen MR) is 60.1 cm³/mol. The van der Waals surface area contributed by atoms with Crippen LogP contribution in [-0.4, -0.2) is 21.0 Å². The van der Waals surface area contributed by atoms with Gasteiger partial charge in [-0.05, 0) is 18.6 Å². The van der Waals surface area contributed by atoms with E-state index in [1.807, 2.05) is 0 Å². The fourth-order valence-electron chi connectivity index (χ4n) is 1.77. The molecule has 0 bridgehead atoms. The van der Waals surface area contributed by atoms with E-state index in [-0.39, 0.29) is 11.4 Å². The van der Waals surface area contributed by atoms with Gasteiger partial charge in [-0.15, -0.1) is 0 Å². The first-order chi connectivity index (χ1) is 8.02. The van der Waals surface area contributed by atoms with Gasteiger partial charge in [-0.1, -0.05) is 6.07 Å². The van der Waals surface area contributed by atoms with Crippen LogP contribution in [0.1, 0.15) is 16.1 Å². The van der Waals surface area contributed by atoms with Gasteiger partial charge in [0, 0.05) is 17.6 Å². The van der Waals surface area contributed by atoms with Crippen molar-refractivity contribution in [1.82, 2.24) is 4.98 Å². The normalized spacial score (nSPS) is 10.4. The second-order valence-electron chi connectivity index (χ2n) is 3.55. The van der Waals surface area contributed by atoms with Crippen LogP contribution in [0.5, 0.6) is 0 Å². The van der Waals surface area contributed by atoms with Crippen molar-refractivity contribution in [2.24, 2.45) is 0 Å². The highest BCUT2D eigenvalue weighted by Gasteiger charge is 2.18. The average Bonchev–Trinajstić information content (AvgIpc) is 2.28. The van der Waals surface area contributed by atoms with E-state index < -0.39 is 10.9 Å². The lowest BCUT2D eigenvalue weighted by atomic mass is 10.0. The molecule has 17 heavy (non-hydrogen) atoms. The summed E-state index contributed by atoms with van der Waals surface area (Å²) >= 11 is 0. The van der Waals surface area contributed by atoms with Crippen LogP contribution in [0, 0.1) is 17.0 Å². The largest absolute Gasteiger partial charge is 0.476 e. The summed E-state index contributed by atoms with van der Waals surface area (Å²) in [5.41, 5.74) is 0.371. The summed E-state index contributed by atoms with van der Waals surface area (Å²) in [5, 5.41) is 20.5. The zero-order valence-corrected chi connectivity index (χ0v) is 8.88. The first-order valence-corrected chi connectivity index (χ1v) is 4.78. The number of pyridine rings is 1. The number of hydrogen-bond donors (Lipinski definition) is 1. The molecule has 1 N–H and O–H groups in total. The Kier molecular flexibility index (Phi) is 2.47. The molecular weight excluding hydrogens is 224 g/mol. The lowest BCUT2D eigenvalue weighted by Crippen LogP contribution is -2.03. The molecule has 6 heteroatoms. The molecule has 2 rings (SSSR count). The molecule has 0 aliphatic rings. The van der Waals surface area contributed by atoms with Crippen molar-refractivity contribution in [3.63, 3.8) is 0 Å². The van der Waals surface area contributed by atoms with Crippen molar-refractivity contribution in [3.05, 3.63) is 45.8 Å². The smallest absolute Gasteiger partial charge is 0.355 e. The number of carbonyl (C=O) groups is 1. The monoisotopic (exact) mass is 232 g/mol. The highest BCUT2D eigenvalue weighted by molar-refractivity contribution is 6.06. The molecule has 86 valence electrons. The number of aromatic carboxylic acids is 1. The summed E-state index contributed by atoms with van der Waals surface area (Å²) < 4.78 is 0. The standard InChI is InChI=1S/C11H8N2O4/c1-6-2-3-8(13(16)17)7-4-5-12-10(9(6)7)11(14)15/h2-5H,1H3,(H,14,15). The third-order valence-corrected chi connectivity index (χ3v) is 2.51. The van der Waals surface area contributed by atoms with Crippen molar-refractivity contribution >= 4 is 22.4 Å². The highest BCUT2D eigenvalue weighted by atomic mass is 16.6. The molecule has 0 saturated heterocycles. The quantitative estimate of drug-likeness (QED) is 0.632. The van der Waals surface area contributed by atoms with Gasteiger partial charge in [0.1, 0.15) is 0 Å². The number of aryl methyl sites for hydroxylation is 1. The van der Waals surface area contributed by atoms with Gasteiger partial charge in [-0.2, -0.15) is 0 Å². The summed E-state index contributed by atoms with van der Waals surface area (Å²) in [5.74, 6) is -1.20. The highest BCUT2D eigenvalue weighted by Crippen LogP contribution is 2.29. The van der Waals surface area contributed by atoms with Gasteiger partial charge in [-0.3, -0.25) is 10.1 Å². The molecular formula is C11H8N2O4. The molecule has 1 aromatic heterocycles. The Morgan fingerprint density at radius 1 is 1.41 bits per heavy atom. The number of nitro groups is 1. The molecule has 1 heterocycles. The minimum atomic E-state index is -1.20. The Bertz CT molecular complexity index is 637. The molecule has 0 aliphatic heterocycles. The van der Waals surface area contributed by atoms with Crippen LogP contribution in [0.3, 0.4) is 0 Å². The van der Waals surface area contributed by atoms with E-state index in [9.17, 15) is 14.9 Å². The van der Waals surface area contributed by atoms with Crippen LogP contribution in [0.4, 0.5) is 5.69 Å². The lowest BCUT2D eigenvalue weighted by molar-refractivity contribution is -0.383. The Balaban J connectivity index is 2.95. The fraction of sp³-hybridized carbons (Fsp3) is 0.0909. The maximum atomic E-state index is 11.0. The summed E-state index contributed by atoms with van der Waals surface area (Å²) in [7, 11) is 0. The molecule has 0 aliphatic carbocycles. The first-order valence-electron chi connectivity index (χ1n) is 4.78. The van der Waals surface area contributed by atoms with Gasteiger partial charge in [0.25, 0.3) is 5.69 Å². The number of fused-ring (bicyclic) bond motifs is 1. The number of aromatic nitrogens is 1. The Morgan fingerprint density at radius 3 is 2.71 bits per heavy atom. The van der Waals surface area contributed by atoms with E-state index in [0.717, 1.165) is 0 Å². The molecule has 0 saturated carbocycles. The average molecular weight is 232 g/mol. The summed E-state index contributed by atoms with van der Waals surface area (Å²) in [6.07, 6.45) is 1.26. The van der Waals surface area contributed by atoms with E-state index >= 15 is 0 Å². The summed E-state index contributed by atoms with van der Waals surface area (Å²) in [6.45, 7) is 1.69. The molecule has 1 aromatic carbocycles. The van der Waals surface area contributed by atoms with Gasteiger partial charge in [0.2, 0.25) is 0 Å². The molecule has 0 amide bonds. The number of rotatable bonds is 2. The van der Waals surface area contributed by atoms with Crippen LogP contribution in [0.25, 0.3) is 10.8 Å². The zero-order valence-electron chi connectivity index (χ0n) is 8.88. The van der Waals surface area contributed by atoms with E-state index in [1.165, 1.54) is 24.4 Å². The van der Waals surface area contributed by atoms with Crippen molar-refractivity contribution in [1.29, 1.82) is 0 Å². The second kappa shape index (κ2) is 3.82. The minimum absolute atomic E-state index is 0.115. The van der Waals surface area contributed by atoms with Crippen molar-refractivity contribution in [3.8, 4) is 0 Å². The van der Waals surface area contributed by atoms with Crippen molar-refractivity contribution < 1.29 is 14.8 Å². The minimum Gasteiger partial charge on any atom is -0.476 e. The third-order valence-electron chi connectivity index (χ3n) is 2.51. The number of non-ortho nitro benzene ring substituents is 1. The molecule has 0 radical (unpaired) electrons. The van der Waals surface area contributed by atoms with Gasteiger partial charge >= 0.3 is 5.97 Å². The maximum Gasteiger partial charge on any atom is 0.355 e. The van der Waals surface area contributed by atoms with Gasteiger partial charge < -0.3 is 5.11 Å². The number of nitrogens with zero attached hydrogens (tertiary/aromatic N) is 2. The fourth-order valence-corrected chi connectivity index (χ4v) is 1.77. The van der Waals surface area contributed by atoms with E-state index in [4.69, 9.17) is 5.11 Å². The van der Waals surface area contributed by atoms with Gasteiger partial charge in [0.15, 0.2) is 5.69 Å². The molecule has 0 fully saturated rings. The number of hydrogen-bond acceptors (Lipinski definition) is 4. The van der Waals surface area contributed by atoms with Gasteiger partial charge in [-0.25, -0.2) is 9.78 Å². The molecule has 2 aromatic rings. The van der Waals surface area contributed by atoms with E-state index in [0.29, 0.717) is 16.3 Å². The summed E-state index contributed by atoms with van der Waals surface area (Å²) in [6, 6.07) is 4.34. The Hall–Kier alpha value is -2.50. The second-order valence-corrected chi connectivity index (χ2v) is 3.55. The lowest BCUT2D eigenvalue weighted by Gasteiger charge is -2.05. The van der Waals surface area contributed by atoms with Crippen LogP contribution in [0.2, 0.25) is 0 Å². The molecule has 0 atom stereocenters. The SMILES string of the molecule is Cc1ccc([N+](=O)[O-])c2ccnc(C(=O)O)c12. The molecule has 0 spiro atoms. The van der Waals surface area contributed by atoms with Crippen LogP contribution < -0.4 is 0 Å². The number of carboxylic acids is 1. The third kappa shape index (κ3) is 1.69. The van der Waals surface area contributed by atoms with Crippen LogP contribution in [-0.2, 0) is 0 Å². The maximum absolute atomic E-state index is 11.0. The molecule has 6 nitrogen and oxygen atoms in total. The van der Waals surface area contributed by atoms with Gasteiger partial charge in [0.05, 0.1) is 10.3 Å². The van der Waals surface area contributed by atoms with E-state index in [2.05, 4.69) is 4.98 Å². The number of carboxylic acid groups (broad SMARTS) is 1. The van der Waals surface area contributed by atoms with Crippen molar-refractivity contribution in [2.45, 2.75) is 6.92 Å². The van der Waals surface area contributed by atoms with Crippen molar-refractivity contribution in [2.75, 3.05) is 0 Å². The van der Waals surface area contributed by atoms with E-state index in [1.54, 1.807) is 6.92 Å². The number of nitro benzene ring substituents is 1. The predicted octanol–water partition coefficient (Wildman–Crippen LogP) is 2.15.